The smallest absolute Gasteiger partial charge is 0.310 e. The Kier molecular flexibility index (Phi) is 5.59. The minimum absolute atomic E-state index is 0.0680. The van der Waals surface area contributed by atoms with Crippen LogP contribution in [0.15, 0.2) is 24.3 Å². The summed E-state index contributed by atoms with van der Waals surface area (Å²) in [5, 5.41) is 3.11. The Hall–Kier alpha value is -1.10. The Morgan fingerprint density at radius 3 is 2.28 bits per heavy atom. The molecule has 18 heavy (non-hydrogen) atoms. The Labute approximate surface area is 104 Å². The van der Waals surface area contributed by atoms with Gasteiger partial charge in [-0.2, -0.15) is 13.2 Å². The zero-order valence-electron chi connectivity index (χ0n) is 10.2. The molecule has 1 rings (SSSR count). The summed E-state index contributed by atoms with van der Waals surface area (Å²) >= 11 is 0. The van der Waals surface area contributed by atoms with Crippen molar-refractivity contribution in [3.05, 3.63) is 35.6 Å². The van der Waals surface area contributed by atoms with Gasteiger partial charge in [0.15, 0.2) is 0 Å². The van der Waals surface area contributed by atoms with Crippen LogP contribution in [0.1, 0.15) is 37.8 Å². The van der Waals surface area contributed by atoms with Crippen LogP contribution in [0.5, 0.6) is 0 Å². The average Bonchev–Trinajstić information content (AvgIpc) is 2.27. The molecule has 0 saturated heterocycles. The molecule has 0 saturated carbocycles. The first-order chi connectivity index (χ1) is 8.42. The van der Waals surface area contributed by atoms with E-state index in [9.17, 15) is 17.6 Å². The van der Waals surface area contributed by atoms with Gasteiger partial charge in [0.25, 0.3) is 0 Å². The van der Waals surface area contributed by atoms with Crippen molar-refractivity contribution in [1.29, 1.82) is 0 Å². The van der Waals surface area contributed by atoms with E-state index in [0.717, 1.165) is 5.56 Å². The monoisotopic (exact) mass is 263 g/mol. The Bertz CT molecular complexity index is 345. The predicted octanol–water partition coefficient (Wildman–Crippen LogP) is 4.21. The van der Waals surface area contributed by atoms with E-state index in [4.69, 9.17) is 0 Å². The first-order valence-electron chi connectivity index (χ1n) is 5.98. The summed E-state index contributed by atoms with van der Waals surface area (Å²) in [7, 11) is 0. The van der Waals surface area contributed by atoms with Crippen LogP contribution in [0.4, 0.5) is 17.6 Å². The highest BCUT2D eigenvalue weighted by Gasteiger charge is 2.26. The number of nitrogens with one attached hydrogen (secondary N) is 1. The van der Waals surface area contributed by atoms with E-state index in [-0.39, 0.29) is 18.3 Å². The van der Waals surface area contributed by atoms with Crippen molar-refractivity contribution in [2.75, 3.05) is 6.54 Å². The Morgan fingerprint density at radius 2 is 1.78 bits per heavy atom. The third kappa shape index (κ3) is 5.49. The van der Waals surface area contributed by atoms with Gasteiger partial charge in [-0.25, -0.2) is 4.39 Å². The van der Waals surface area contributed by atoms with Crippen molar-refractivity contribution in [3.63, 3.8) is 0 Å². The van der Waals surface area contributed by atoms with Gasteiger partial charge >= 0.3 is 6.18 Å². The van der Waals surface area contributed by atoms with Crippen molar-refractivity contribution in [1.82, 2.24) is 5.32 Å². The lowest BCUT2D eigenvalue weighted by atomic mass is 10.0. The second-order valence-electron chi connectivity index (χ2n) is 4.17. The molecule has 0 radical (unpaired) electrons. The molecule has 0 aliphatic heterocycles. The van der Waals surface area contributed by atoms with E-state index in [0.29, 0.717) is 13.0 Å². The molecule has 0 bridgehead atoms. The number of benzene rings is 1. The second kappa shape index (κ2) is 6.73. The van der Waals surface area contributed by atoms with Gasteiger partial charge < -0.3 is 5.32 Å². The minimum atomic E-state index is -4.11. The third-order valence-electron chi connectivity index (χ3n) is 2.68. The summed E-state index contributed by atoms with van der Waals surface area (Å²) < 4.78 is 49.0. The van der Waals surface area contributed by atoms with Gasteiger partial charge in [0, 0.05) is 12.5 Å². The van der Waals surface area contributed by atoms with Crippen LogP contribution < -0.4 is 5.32 Å². The average molecular weight is 263 g/mol. The summed E-state index contributed by atoms with van der Waals surface area (Å²) in [6.45, 7) is 2.55. The fraction of sp³-hybridized carbons (Fsp3) is 0.538. The van der Waals surface area contributed by atoms with E-state index >= 15 is 0 Å². The van der Waals surface area contributed by atoms with Crippen LogP contribution in [0.3, 0.4) is 0 Å². The van der Waals surface area contributed by atoms with Crippen LogP contribution in [0.2, 0.25) is 0 Å². The van der Waals surface area contributed by atoms with Gasteiger partial charge in [-0.15, -0.1) is 0 Å². The Balaban J connectivity index is 2.57. The van der Waals surface area contributed by atoms with Crippen LogP contribution >= 0.6 is 0 Å². The summed E-state index contributed by atoms with van der Waals surface area (Å²) in [4.78, 5) is 0. The topological polar surface area (TPSA) is 12.0 Å². The molecular weight excluding hydrogens is 246 g/mol. The predicted molar refractivity (Wildman–Crippen MR) is 62.7 cm³/mol. The standard InChI is InChI=1S/C13H17F4N/c1-2-18-12(4-3-9-13(15,16)17)10-5-7-11(14)8-6-10/h5-8,12,18H,2-4,9H2,1H3. The SMILES string of the molecule is CCNC(CCCC(F)(F)F)c1ccc(F)cc1. The number of hydrogen-bond acceptors (Lipinski definition) is 1. The van der Waals surface area contributed by atoms with E-state index in [1.54, 1.807) is 12.1 Å². The van der Waals surface area contributed by atoms with Crippen LogP contribution in [0, 0.1) is 5.82 Å². The molecule has 0 aliphatic rings. The molecule has 0 aromatic heterocycles. The molecule has 102 valence electrons. The summed E-state index contributed by atoms with van der Waals surface area (Å²) in [6, 6.07) is 5.71. The quantitative estimate of drug-likeness (QED) is 0.758. The Morgan fingerprint density at radius 1 is 1.17 bits per heavy atom. The number of hydrogen-bond donors (Lipinski definition) is 1. The maximum atomic E-state index is 12.8. The molecule has 1 N–H and O–H groups in total. The van der Waals surface area contributed by atoms with Gasteiger partial charge in [-0.1, -0.05) is 19.1 Å². The van der Waals surface area contributed by atoms with Crippen LogP contribution in [-0.4, -0.2) is 12.7 Å². The first-order valence-corrected chi connectivity index (χ1v) is 5.98. The lowest BCUT2D eigenvalue weighted by Gasteiger charge is -2.18. The summed E-state index contributed by atoms with van der Waals surface area (Å²) in [5.41, 5.74) is 0.820. The van der Waals surface area contributed by atoms with Gasteiger partial charge in [0.05, 0.1) is 0 Å². The summed E-state index contributed by atoms with van der Waals surface area (Å²) in [5.74, 6) is -0.343. The van der Waals surface area contributed by atoms with Crippen molar-refractivity contribution in [2.45, 2.75) is 38.4 Å². The van der Waals surface area contributed by atoms with E-state index < -0.39 is 12.6 Å². The molecule has 5 heteroatoms. The normalized spacial score (nSPS) is 13.6. The largest absolute Gasteiger partial charge is 0.389 e. The van der Waals surface area contributed by atoms with Gasteiger partial charge in [-0.3, -0.25) is 0 Å². The molecule has 0 spiro atoms. The molecule has 0 heterocycles. The molecule has 1 aromatic rings. The van der Waals surface area contributed by atoms with E-state index in [1.165, 1.54) is 12.1 Å². The van der Waals surface area contributed by atoms with E-state index in [1.807, 2.05) is 6.92 Å². The lowest BCUT2D eigenvalue weighted by Crippen LogP contribution is -2.21. The van der Waals surface area contributed by atoms with Gasteiger partial charge in [0.1, 0.15) is 5.82 Å². The highest BCUT2D eigenvalue weighted by molar-refractivity contribution is 5.19. The summed E-state index contributed by atoms with van der Waals surface area (Å²) in [6.07, 6.45) is -4.44. The number of alkyl halides is 3. The lowest BCUT2D eigenvalue weighted by molar-refractivity contribution is -0.135. The van der Waals surface area contributed by atoms with E-state index in [2.05, 4.69) is 5.32 Å². The van der Waals surface area contributed by atoms with Crippen molar-refractivity contribution in [2.24, 2.45) is 0 Å². The molecule has 1 unspecified atom stereocenters. The fourth-order valence-electron chi connectivity index (χ4n) is 1.83. The molecule has 1 nitrogen and oxygen atoms in total. The van der Waals surface area contributed by atoms with Crippen molar-refractivity contribution < 1.29 is 17.6 Å². The second-order valence-corrected chi connectivity index (χ2v) is 4.17. The molecule has 0 aliphatic carbocycles. The van der Waals surface area contributed by atoms with Crippen LogP contribution in [-0.2, 0) is 0 Å². The number of halogens is 4. The molecular formula is C13H17F4N. The number of rotatable bonds is 6. The molecule has 0 fully saturated rings. The van der Waals surface area contributed by atoms with Crippen LogP contribution in [0.25, 0.3) is 0 Å². The maximum Gasteiger partial charge on any atom is 0.389 e. The molecule has 1 aromatic carbocycles. The zero-order valence-corrected chi connectivity index (χ0v) is 10.2. The van der Waals surface area contributed by atoms with Crippen molar-refractivity contribution >= 4 is 0 Å². The highest BCUT2D eigenvalue weighted by atomic mass is 19.4. The maximum absolute atomic E-state index is 12.8. The van der Waals surface area contributed by atoms with Crippen molar-refractivity contribution in [3.8, 4) is 0 Å². The zero-order chi connectivity index (χ0) is 13.6. The minimum Gasteiger partial charge on any atom is -0.310 e. The van der Waals surface area contributed by atoms with Gasteiger partial charge in [-0.05, 0) is 37.1 Å². The first kappa shape index (κ1) is 15.0. The van der Waals surface area contributed by atoms with Gasteiger partial charge in [0.2, 0.25) is 0 Å². The molecule has 1 atom stereocenters. The molecule has 0 amide bonds. The highest BCUT2D eigenvalue weighted by Crippen LogP contribution is 2.26. The fourth-order valence-corrected chi connectivity index (χ4v) is 1.83. The third-order valence-corrected chi connectivity index (χ3v) is 2.68.